The number of hydrogen-bond donors (Lipinski definition) is 0. The van der Waals surface area contributed by atoms with E-state index in [4.69, 9.17) is 0 Å². The number of rotatable bonds is 4. The monoisotopic (exact) mass is 380 g/mol. The third-order valence-corrected chi connectivity index (χ3v) is 4.70. The highest BCUT2D eigenvalue weighted by molar-refractivity contribution is 5.80. The van der Waals surface area contributed by atoms with Gasteiger partial charge in [0.1, 0.15) is 6.04 Å². The third kappa shape index (κ3) is 3.48. The largest absolute Gasteiger partial charge is 0.337 e. The fourth-order valence-corrected chi connectivity index (χ4v) is 3.17. The number of piperazine rings is 1. The van der Waals surface area contributed by atoms with Gasteiger partial charge >= 0.3 is 0 Å². The molecule has 0 bridgehead atoms. The molecule has 1 aliphatic heterocycles. The average molecular weight is 380 g/mol. The standard InChI is InChI=1S/C18H20N8O2/c1-14(26-16(27)5-4-15(22-26)25-9-3-8-21-25)17(28)23-10-12-24(13-11-23)18-19-6-2-7-20-18/h2-9,14H,10-13H2,1H3. The predicted molar refractivity (Wildman–Crippen MR) is 101 cm³/mol. The lowest BCUT2D eigenvalue weighted by atomic mass is 10.2. The van der Waals surface area contributed by atoms with Crippen LogP contribution < -0.4 is 10.5 Å². The summed E-state index contributed by atoms with van der Waals surface area (Å²) in [6.45, 7) is 4.04. The Morgan fingerprint density at radius 3 is 2.46 bits per heavy atom. The van der Waals surface area contributed by atoms with Crippen molar-refractivity contribution in [3.8, 4) is 5.82 Å². The molecule has 0 N–H and O–H groups in total. The van der Waals surface area contributed by atoms with Crippen LogP contribution in [0.2, 0.25) is 0 Å². The van der Waals surface area contributed by atoms with Crippen molar-refractivity contribution in [2.45, 2.75) is 13.0 Å². The molecular weight excluding hydrogens is 360 g/mol. The molecule has 0 saturated carbocycles. The lowest BCUT2D eigenvalue weighted by molar-refractivity contribution is -0.135. The SMILES string of the molecule is CC(C(=O)N1CCN(c2ncccn2)CC1)n1nc(-n2cccn2)ccc1=O. The number of hydrogen-bond acceptors (Lipinski definition) is 7. The number of nitrogens with zero attached hydrogens (tertiary/aromatic N) is 8. The van der Waals surface area contributed by atoms with Gasteiger partial charge in [-0.3, -0.25) is 9.59 Å². The fourth-order valence-electron chi connectivity index (χ4n) is 3.17. The average Bonchev–Trinajstić information content (AvgIpc) is 3.29. The van der Waals surface area contributed by atoms with Crippen LogP contribution in [-0.4, -0.2) is 66.5 Å². The summed E-state index contributed by atoms with van der Waals surface area (Å²) in [5.41, 5.74) is -0.326. The number of carbonyl (C=O) groups excluding carboxylic acids is 1. The maximum Gasteiger partial charge on any atom is 0.267 e. The van der Waals surface area contributed by atoms with Crippen LogP contribution in [0.1, 0.15) is 13.0 Å². The van der Waals surface area contributed by atoms with Gasteiger partial charge in [-0.25, -0.2) is 19.3 Å². The molecule has 1 unspecified atom stereocenters. The minimum atomic E-state index is -0.706. The van der Waals surface area contributed by atoms with Gasteiger partial charge in [0.05, 0.1) is 0 Å². The normalized spacial score (nSPS) is 15.5. The molecule has 0 aromatic carbocycles. The van der Waals surface area contributed by atoms with Crippen LogP contribution in [0.5, 0.6) is 0 Å². The Morgan fingerprint density at radius 1 is 1.04 bits per heavy atom. The molecule has 0 aliphatic carbocycles. The molecular formula is C18H20N8O2. The van der Waals surface area contributed by atoms with Crippen LogP contribution >= 0.6 is 0 Å². The topological polar surface area (TPSA) is 102 Å². The Balaban J connectivity index is 1.47. The van der Waals surface area contributed by atoms with E-state index in [1.165, 1.54) is 10.7 Å². The zero-order chi connectivity index (χ0) is 19.5. The van der Waals surface area contributed by atoms with Crippen molar-refractivity contribution in [1.29, 1.82) is 0 Å². The molecule has 1 amide bonds. The van der Waals surface area contributed by atoms with Gasteiger partial charge in [-0.2, -0.15) is 5.10 Å². The summed E-state index contributed by atoms with van der Waals surface area (Å²) in [7, 11) is 0. The Hall–Kier alpha value is -3.56. The third-order valence-electron chi connectivity index (χ3n) is 4.70. The molecule has 0 radical (unpaired) electrons. The first-order valence-corrected chi connectivity index (χ1v) is 9.04. The highest BCUT2D eigenvalue weighted by Gasteiger charge is 2.27. The van der Waals surface area contributed by atoms with E-state index in [0.29, 0.717) is 37.9 Å². The van der Waals surface area contributed by atoms with Gasteiger partial charge in [0.2, 0.25) is 11.9 Å². The summed E-state index contributed by atoms with van der Waals surface area (Å²) in [5.74, 6) is 1.00. The highest BCUT2D eigenvalue weighted by Crippen LogP contribution is 2.14. The van der Waals surface area contributed by atoms with Crippen LogP contribution in [0, 0.1) is 0 Å². The molecule has 3 aromatic heterocycles. The zero-order valence-corrected chi connectivity index (χ0v) is 15.4. The first-order valence-electron chi connectivity index (χ1n) is 9.04. The molecule has 1 atom stereocenters. The summed E-state index contributed by atoms with van der Waals surface area (Å²) in [5, 5.41) is 8.43. The molecule has 1 saturated heterocycles. The van der Waals surface area contributed by atoms with Crippen molar-refractivity contribution in [3.05, 3.63) is 59.4 Å². The van der Waals surface area contributed by atoms with Crippen LogP contribution in [0.4, 0.5) is 5.95 Å². The van der Waals surface area contributed by atoms with E-state index in [9.17, 15) is 9.59 Å². The molecule has 10 heteroatoms. The molecule has 28 heavy (non-hydrogen) atoms. The van der Waals surface area contributed by atoms with E-state index < -0.39 is 6.04 Å². The summed E-state index contributed by atoms with van der Waals surface area (Å²) in [4.78, 5) is 37.5. The predicted octanol–water partition coefficient (Wildman–Crippen LogP) is 0.129. The lowest BCUT2D eigenvalue weighted by Crippen LogP contribution is -2.51. The molecule has 4 rings (SSSR count). The quantitative estimate of drug-likeness (QED) is 0.634. The molecule has 3 aromatic rings. The maximum atomic E-state index is 12.9. The second kappa shape index (κ2) is 7.59. The van der Waals surface area contributed by atoms with E-state index in [2.05, 4.69) is 20.2 Å². The number of aromatic nitrogens is 6. The van der Waals surface area contributed by atoms with Crippen molar-refractivity contribution >= 4 is 11.9 Å². The Kier molecular flexibility index (Phi) is 4.83. The number of amides is 1. The van der Waals surface area contributed by atoms with Crippen molar-refractivity contribution in [2.75, 3.05) is 31.1 Å². The molecule has 144 valence electrons. The smallest absolute Gasteiger partial charge is 0.267 e. The summed E-state index contributed by atoms with van der Waals surface area (Å²) < 4.78 is 2.76. The number of carbonyl (C=O) groups is 1. The van der Waals surface area contributed by atoms with Gasteiger partial charge in [0.15, 0.2) is 5.82 Å². The molecule has 4 heterocycles. The molecule has 1 fully saturated rings. The first-order chi connectivity index (χ1) is 13.6. The Bertz CT molecular complexity index is 994. The van der Waals surface area contributed by atoms with Gasteiger partial charge < -0.3 is 9.80 Å². The lowest BCUT2D eigenvalue weighted by Gasteiger charge is -2.35. The van der Waals surface area contributed by atoms with Crippen molar-refractivity contribution in [1.82, 2.24) is 34.4 Å². The first kappa shape index (κ1) is 17.8. The second-order valence-electron chi connectivity index (χ2n) is 6.46. The van der Waals surface area contributed by atoms with E-state index >= 15 is 0 Å². The van der Waals surface area contributed by atoms with Crippen molar-refractivity contribution in [2.24, 2.45) is 0 Å². The van der Waals surface area contributed by atoms with Crippen LogP contribution in [0.3, 0.4) is 0 Å². The molecule has 1 aliphatic rings. The Morgan fingerprint density at radius 2 is 1.79 bits per heavy atom. The van der Waals surface area contributed by atoms with E-state index in [1.54, 1.807) is 59.5 Å². The fraction of sp³-hybridized carbons (Fsp3) is 0.333. The van der Waals surface area contributed by atoms with E-state index in [0.717, 1.165) is 0 Å². The summed E-state index contributed by atoms with van der Waals surface area (Å²) in [6.07, 6.45) is 6.76. The zero-order valence-electron chi connectivity index (χ0n) is 15.4. The van der Waals surface area contributed by atoms with Gasteiger partial charge in [-0.1, -0.05) is 0 Å². The van der Waals surface area contributed by atoms with E-state index in [1.807, 2.05) is 4.90 Å². The summed E-state index contributed by atoms with van der Waals surface area (Å²) >= 11 is 0. The molecule has 10 nitrogen and oxygen atoms in total. The van der Waals surface area contributed by atoms with E-state index in [-0.39, 0.29) is 11.5 Å². The summed E-state index contributed by atoms with van der Waals surface area (Å²) in [6, 6.07) is 5.82. The van der Waals surface area contributed by atoms with Gasteiger partial charge in [0.25, 0.3) is 5.56 Å². The van der Waals surface area contributed by atoms with Gasteiger partial charge in [0, 0.05) is 57.0 Å². The minimum absolute atomic E-state index is 0.138. The molecule has 0 spiro atoms. The van der Waals surface area contributed by atoms with Crippen LogP contribution in [0.15, 0.2) is 53.8 Å². The van der Waals surface area contributed by atoms with Crippen molar-refractivity contribution < 1.29 is 4.79 Å². The van der Waals surface area contributed by atoms with Crippen LogP contribution in [0.25, 0.3) is 5.82 Å². The van der Waals surface area contributed by atoms with Crippen LogP contribution in [-0.2, 0) is 4.79 Å². The Labute approximate surface area is 161 Å². The highest BCUT2D eigenvalue weighted by atomic mass is 16.2. The van der Waals surface area contributed by atoms with Gasteiger partial charge in [-0.05, 0) is 25.1 Å². The van der Waals surface area contributed by atoms with Gasteiger partial charge in [-0.15, -0.1) is 5.10 Å². The second-order valence-corrected chi connectivity index (χ2v) is 6.46. The number of anilines is 1. The van der Waals surface area contributed by atoms with Crippen molar-refractivity contribution in [3.63, 3.8) is 0 Å². The maximum absolute atomic E-state index is 12.9. The minimum Gasteiger partial charge on any atom is -0.337 e.